The average molecular weight is 273 g/mol. The van der Waals surface area contributed by atoms with Gasteiger partial charge in [-0.05, 0) is 39.0 Å². The molecule has 112 valence electrons. The molecule has 0 saturated heterocycles. The van der Waals surface area contributed by atoms with Gasteiger partial charge in [-0.25, -0.2) is 9.59 Å². The summed E-state index contributed by atoms with van der Waals surface area (Å²) in [7, 11) is 1.31. The molecule has 0 saturated carbocycles. The minimum Gasteiger partial charge on any atom is -0.467 e. The van der Waals surface area contributed by atoms with Gasteiger partial charge in [0.05, 0.1) is 7.11 Å². The third-order valence-electron chi connectivity index (χ3n) is 2.92. The van der Waals surface area contributed by atoms with Gasteiger partial charge in [0.25, 0.3) is 0 Å². The third-order valence-corrected chi connectivity index (χ3v) is 2.92. The first-order valence-corrected chi connectivity index (χ1v) is 6.64. The standard InChI is InChI=1S/C14H27NO4/c1-9(2)10(3)8-11(12(16)18-7)15-13(17)19-14(4,5)6/h9-11H,8H2,1-7H3,(H,15,17)/t10-,11+/m1/s1. The molecule has 5 heteroatoms. The van der Waals surface area contributed by atoms with Crippen molar-refractivity contribution < 1.29 is 19.1 Å². The van der Waals surface area contributed by atoms with Crippen molar-refractivity contribution in [3.05, 3.63) is 0 Å². The van der Waals surface area contributed by atoms with E-state index >= 15 is 0 Å². The molecule has 0 aliphatic heterocycles. The van der Waals surface area contributed by atoms with Gasteiger partial charge in [0, 0.05) is 0 Å². The molecular weight excluding hydrogens is 246 g/mol. The smallest absolute Gasteiger partial charge is 0.408 e. The van der Waals surface area contributed by atoms with Crippen LogP contribution in [0.2, 0.25) is 0 Å². The van der Waals surface area contributed by atoms with Crippen molar-refractivity contribution in [1.82, 2.24) is 5.32 Å². The zero-order chi connectivity index (χ0) is 15.2. The summed E-state index contributed by atoms with van der Waals surface area (Å²) in [6.07, 6.45) is -0.0669. The minimum absolute atomic E-state index is 0.291. The van der Waals surface area contributed by atoms with Crippen LogP contribution in [-0.2, 0) is 14.3 Å². The Morgan fingerprint density at radius 1 is 1.16 bits per heavy atom. The third kappa shape index (κ3) is 7.70. The van der Waals surface area contributed by atoms with E-state index in [4.69, 9.17) is 9.47 Å². The van der Waals surface area contributed by atoms with Crippen LogP contribution in [0.1, 0.15) is 48.0 Å². The lowest BCUT2D eigenvalue weighted by Gasteiger charge is -2.25. The van der Waals surface area contributed by atoms with E-state index in [9.17, 15) is 9.59 Å². The molecule has 0 aliphatic rings. The lowest BCUT2D eigenvalue weighted by Crippen LogP contribution is -2.45. The van der Waals surface area contributed by atoms with Crippen LogP contribution in [0.3, 0.4) is 0 Å². The second-order valence-electron chi connectivity index (χ2n) is 6.18. The molecule has 1 amide bonds. The lowest BCUT2D eigenvalue weighted by molar-refractivity contribution is -0.143. The van der Waals surface area contributed by atoms with Crippen LogP contribution >= 0.6 is 0 Å². The highest BCUT2D eigenvalue weighted by molar-refractivity contribution is 5.81. The molecule has 1 N–H and O–H groups in total. The molecule has 0 bridgehead atoms. The number of methoxy groups -OCH3 is 1. The monoisotopic (exact) mass is 273 g/mol. The Labute approximate surface area is 116 Å². The Bertz CT molecular complexity index is 307. The number of carbonyl (C=O) groups is 2. The Morgan fingerprint density at radius 2 is 1.68 bits per heavy atom. The first-order valence-electron chi connectivity index (χ1n) is 6.64. The van der Waals surface area contributed by atoms with E-state index < -0.39 is 23.7 Å². The molecular formula is C14H27NO4. The molecule has 0 rings (SSSR count). The van der Waals surface area contributed by atoms with Crippen molar-refractivity contribution in [2.75, 3.05) is 7.11 Å². The number of ether oxygens (including phenoxy) is 2. The highest BCUT2D eigenvalue weighted by atomic mass is 16.6. The maximum atomic E-state index is 11.7. The molecule has 0 aromatic heterocycles. The van der Waals surface area contributed by atoms with Crippen molar-refractivity contribution >= 4 is 12.1 Å². The van der Waals surface area contributed by atoms with E-state index in [1.165, 1.54) is 7.11 Å². The topological polar surface area (TPSA) is 64.6 Å². The van der Waals surface area contributed by atoms with E-state index in [1.54, 1.807) is 20.8 Å². The lowest BCUT2D eigenvalue weighted by atomic mass is 9.91. The highest BCUT2D eigenvalue weighted by Crippen LogP contribution is 2.17. The number of esters is 1. The molecule has 0 aromatic carbocycles. The van der Waals surface area contributed by atoms with Gasteiger partial charge in [-0.2, -0.15) is 0 Å². The second kappa shape index (κ2) is 7.36. The number of rotatable bonds is 5. The number of hydrogen-bond donors (Lipinski definition) is 1. The van der Waals surface area contributed by atoms with Gasteiger partial charge < -0.3 is 14.8 Å². The van der Waals surface area contributed by atoms with Crippen LogP contribution in [0.5, 0.6) is 0 Å². The molecule has 0 fully saturated rings. The fourth-order valence-corrected chi connectivity index (χ4v) is 1.45. The maximum Gasteiger partial charge on any atom is 0.408 e. The van der Waals surface area contributed by atoms with Crippen LogP contribution in [0, 0.1) is 11.8 Å². The Kier molecular flexibility index (Phi) is 6.87. The predicted molar refractivity (Wildman–Crippen MR) is 73.8 cm³/mol. The molecule has 19 heavy (non-hydrogen) atoms. The summed E-state index contributed by atoms with van der Waals surface area (Å²) in [5.41, 5.74) is -0.589. The summed E-state index contributed by atoms with van der Waals surface area (Å²) in [5.74, 6) is 0.269. The van der Waals surface area contributed by atoms with Gasteiger partial charge in [-0.3, -0.25) is 0 Å². The van der Waals surface area contributed by atoms with E-state index in [-0.39, 0.29) is 0 Å². The number of hydrogen-bond acceptors (Lipinski definition) is 4. The molecule has 0 aliphatic carbocycles. The summed E-state index contributed by atoms with van der Waals surface area (Å²) < 4.78 is 9.86. The van der Waals surface area contributed by atoms with Crippen LogP contribution in [0.25, 0.3) is 0 Å². The summed E-state index contributed by atoms with van der Waals surface area (Å²) in [5, 5.41) is 2.57. The number of amides is 1. The van der Waals surface area contributed by atoms with Crippen LogP contribution in [0.4, 0.5) is 4.79 Å². The largest absolute Gasteiger partial charge is 0.467 e. The zero-order valence-corrected chi connectivity index (χ0v) is 13.1. The van der Waals surface area contributed by atoms with E-state index in [2.05, 4.69) is 19.2 Å². The van der Waals surface area contributed by atoms with Gasteiger partial charge in [0.1, 0.15) is 11.6 Å². The fraction of sp³-hybridized carbons (Fsp3) is 0.857. The molecule has 0 aromatic rings. The van der Waals surface area contributed by atoms with Crippen molar-refractivity contribution in [3.8, 4) is 0 Å². The maximum absolute atomic E-state index is 11.7. The first kappa shape index (κ1) is 17.7. The summed E-state index contributed by atoms with van der Waals surface area (Å²) in [6, 6.07) is -0.669. The SMILES string of the molecule is COC(=O)[C@H](C[C@@H](C)C(C)C)NC(=O)OC(C)(C)C. The average Bonchev–Trinajstić information content (AvgIpc) is 2.24. The number of nitrogens with one attached hydrogen (secondary N) is 1. The minimum atomic E-state index is -0.669. The normalized spacial score (nSPS) is 14.7. The first-order chi connectivity index (χ1) is 8.56. The summed E-state index contributed by atoms with van der Waals surface area (Å²) in [4.78, 5) is 23.4. The van der Waals surface area contributed by atoms with E-state index in [1.807, 2.05) is 6.92 Å². The number of carbonyl (C=O) groups excluding carboxylic acids is 2. The van der Waals surface area contributed by atoms with Crippen molar-refractivity contribution in [2.45, 2.75) is 59.6 Å². The quantitative estimate of drug-likeness (QED) is 0.782. The Hall–Kier alpha value is -1.26. The summed E-state index contributed by atoms with van der Waals surface area (Å²) >= 11 is 0. The fourth-order valence-electron chi connectivity index (χ4n) is 1.45. The van der Waals surface area contributed by atoms with Crippen LogP contribution in [0.15, 0.2) is 0 Å². The number of alkyl carbamates (subject to hydrolysis) is 1. The molecule has 0 heterocycles. The second-order valence-corrected chi connectivity index (χ2v) is 6.18. The Morgan fingerprint density at radius 3 is 2.05 bits per heavy atom. The van der Waals surface area contributed by atoms with Crippen LogP contribution in [-0.4, -0.2) is 30.8 Å². The van der Waals surface area contributed by atoms with E-state index in [0.717, 1.165) is 0 Å². The van der Waals surface area contributed by atoms with Gasteiger partial charge in [0.15, 0.2) is 0 Å². The van der Waals surface area contributed by atoms with Crippen molar-refractivity contribution in [1.29, 1.82) is 0 Å². The van der Waals surface area contributed by atoms with E-state index in [0.29, 0.717) is 18.3 Å². The molecule has 0 spiro atoms. The highest BCUT2D eigenvalue weighted by Gasteiger charge is 2.27. The molecule has 5 nitrogen and oxygen atoms in total. The Balaban J connectivity index is 4.61. The van der Waals surface area contributed by atoms with Gasteiger partial charge in [-0.15, -0.1) is 0 Å². The van der Waals surface area contributed by atoms with Crippen LogP contribution < -0.4 is 5.32 Å². The molecule has 0 unspecified atom stereocenters. The molecule has 0 radical (unpaired) electrons. The van der Waals surface area contributed by atoms with Gasteiger partial charge in [-0.1, -0.05) is 20.8 Å². The van der Waals surface area contributed by atoms with Gasteiger partial charge >= 0.3 is 12.1 Å². The molecule has 2 atom stereocenters. The van der Waals surface area contributed by atoms with Gasteiger partial charge in [0.2, 0.25) is 0 Å². The predicted octanol–water partition coefficient (Wildman–Crippen LogP) is 2.73. The van der Waals surface area contributed by atoms with Crippen molar-refractivity contribution in [2.24, 2.45) is 11.8 Å². The van der Waals surface area contributed by atoms with Crippen molar-refractivity contribution in [3.63, 3.8) is 0 Å². The zero-order valence-electron chi connectivity index (χ0n) is 13.1. The summed E-state index contributed by atoms with van der Waals surface area (Å²) in [6.45, 7) is 11.5.